The Kier molecular flexibility index (Phi) is 9.53. The highest BCUT2D eigenvalue weighted by atomic mass is 35.5. The zero-order chi connectivity index (χ0) is 17.4. The summed E-state index contributed by atoms with van der Waals surface area (Å²) in [5.41, 5.74) is 1.16. The van der Waals surface area contributed by atoms with Gasteiger partial charge in [0.15, 0.2) is 0 Å². The number of nitrogens with zero attached hydrogens (tertiary/aromatic N) is 1. The maximum atomic E-state index is 12.7. The molecule has 1 aliphatic heterocycles. The molecule has 2 rings (SSSR count). The lowest BCUT2D eigenvalue weighted by Crippen LogP contribution is -2.39. The highest BCUT2D eigenvalue weighted by molar-refractivity contribution is 5.99. The highest BCUT2D eigenvalue weighted by Gasteiger charge is 2.23. The van der Waals surface area contributed by atoms with Crippen molar-refractivity contribution >= 4 is 24.2 Å². The van der Waals surface area contributed by atoms with Crippen LogP contribution in [0.5, 0.6) is 0 Å². The zero-order valence-electron chi connectivity index (χ0n) is 15.2. The summed E-state index contributed by atoms with van der Waals surface area (Å²) in [4.78, 5) is 26.7. The summed E-state index contributed by atoms with van der Waals surface area (Å²) in [6.45, 7) is 5.31. The predicted molar refractivity (Wildman–Crippen MR) is 103 cm³/mol. The number of carbonyl (C=O) groups excluding carboxylic acids is 2. The molecule has 2 N–H and O–H groups in total. The van der Waals surface area contributed by atoms with Crippen LogP contribution in [0.3, 0.4) is 0 Å². The molecule has 1 aromatic rings. The lowest BCUT2D eigenvalue weighted by Gasteiger charge is -2.32. The average molecular weight is 368 g/mol. The highest BCUT2D eigenvalue weighted by Crippen LogP contribution is 2.21. The van der Waals surface area contributed by atoms with Crippen LogP contribution in [0.1, 0.15) is 53.3 Å². The van der Waals surface area contributed by atoms with E-state index in [-0.39, 0.29) is 24.2 Å². The number of carbonyl (C=O) groups is 2. The Balaban J connectivity index is 0.00000312. The molecule has 5 nitrogen and oxygen atoms in total. The van der Waals surface area contributed by atoms with Gasteiger partial charge in [-0.15, -0.1) is 12.4 Å². The Hall–Kier alpha value is -1.59. The van der Waals surface area contributed by atoms with Gasteiger partial charge in [0.2, 0.25) is 0 Å². The van der Waals surface area contributed by atoms with Gasteiger partial charge in [0.25, 0.3) is 11.8 Å². The van der Waals surface area contributed by atoms with Gasteiger partial charge in [0.1, 0.15) is 0 Å². The third-order valence-electron chi connectivity index (χ3n) is 4.61. The minimum atomic E-state index is -0.114. The molecule has 0 aromatic heterocycles. The van der Waals surface area contributed by atoms with E-state index in [0.29, 0.717) is 23.6 Å². The van der Waals surface area contributed by atoms with E-state index in [0.717, 1.165) is 38.9 Å². The number of amides is 2. The molecule has 25 heavy (non-hydrogen) atoms. The number of benzene rings is 1. The van der Waals surface area contributed by atoms with Crippen LogP contribution in [0.4, 0.5) is 0 Å². The van der Waals surface area contributed by atoms with Crippen molar-refractivity contribution in [2.75, 3.05) is 33.2 Å². The van der Waals surface area contributed by atoms with Crippen molar-refractivity contribution in [1.29, 1.82) is 0 Å². The summed E-state index contributed by atoms with van der Waals surface area (Å²) in [5.74, 6) is 0.622. The second-order valence-electron chi connectivity index (χ2n) is 6.46. The van der Waals surface area contributed by atoms with E-state index in [4.69, 9.17) is 0 Å². The van der Waals surface area contributed by atoms with Crippen LogP contribution in [0, 0.1) is 5.92 Å². The number of nitrogens with one attached hydrogen (secondary N) is 2. The molecule has 0 atom stereocenters. The monoisotopic (exact) mass is 367 g/mol. The number of likely N-dealkylation sites (tertiary alicyclic amines) is 1. The molecule has 1 saturated heterocycles. The summed E-state index contributed by atoms with van der Waals surface area (Å²) in [6, 6.07) is 7.05. The molecule has 1 heterocycles. The molecule has 0 bridgehead atoms. The van der Waals surface area contributed by atoms with Crippen LogP contribution < -0.4 is 10.6 Å². The van der Waals surface area contributed by atoms with E-state index in [1.165, 1.54) is 6.42 Å². The van der Waals surface area contributed by atoms with E-state index in [9.17, 15) is 9.59 Å². The van der Waals surface area contributed by atoms with Gasteiger partial charge in [-0.2, -0.15) is 0 Å². The first kappa shape index (κ1) is 21.5. The Morgan fingerprint density at radius 1 is 1.16 bits per heavy atom. The lowest BCUT2D eigenvalue weighted by atomic mass is 9.93. The van der Waals surface area contributed by atoms with E-state index in [1.807, 2.05) is 18.9 Å². The van der Waals surface area contributed by atoms with Gasteiger partial charge in [-0.1, -0.05) is 13.0 Å². The fourth-order valence-electron chi connectivity index (χ4n) is 3.09. The Morgan fingerprint density at radius 3 is 2.48 bits per heavy atom. The van der Waals surface area contributed by atoms with Crippen molar-refractivity contribution in [2.24, 2.45) is 5.92 Å². The third kappa shape index (κ3) is 6.33. The number of hydrogen-bond donors (Lipinski definition) is 2. The molecule has 6 heteroatoms. The molecule has 0 unspecified atom stereocenters. The average Bonchev–Trinajstić information content (AvgIpc) is 2.64. The van der Waals surface area contributed by atoms with Gasteiger partial charge in [-0.25, -0.2) is 0 Å². The van der Waals surface area contributed by atoms with E-state index < -0.39 is 0 Å². The van der Waals surface area contributed by atoms with E-state index in [2.05, 4.69) is 10.6 Å². The second kappa shape index (κ2) is 11.1. The fourth-order valence-corrected chi connectivity index (χ4v) is 3.09. The summed E-state index contributed by atoms with van der Waals surface area (Å²) in [5, 5.41) is 6.04. The molecule has 0 radical (unpaired) electrons. The molecule has 1 fully saturated rings. The van der Waals surface area contributed by atoms with Crippen LogP contribution in [-0.2, 0) is 0 Å². The van der Waals surface area contributed by atoms with Crippen LogP contribution in [-0.4, -0.2) is 49.9 Å². The topological polar surface area (TPSA) is 61.4 Å². The number of halogens is 1. The zero-order valence-corrected chi connectivity index (χ0v) is 16.0. The molecule has 1 aliphatic rings. The largest absolute Gasteiger partial charge is 0.352 e. The molecular formula is C19H30ClN3O2. The van der Waals surface area contributed by atoms with Crippen molar-refractivity contribution < 1.29 is 9.59 Å². The summed E-state index contributed by atoms with van der Waals surface area (Å²) < 4.78 is 0. The molecule has 0 aliphatic carbocycles. The van der Waals surface area contributed by atoms with Crippen LogP contribution in [0.2, 0.25) is 0 Å². The summed E-state index contributed by atoms with van der Waals surface area (Å²) in [6.07, 6.45) is 4.19. The van der Waals surface area contributed by atoms with E-state index in [1.54, 1.807) is 24.3 Å². The van der Waals surface area contributed by atoms with Gasteiger partial charge in [-0.05, 0) is 63.4 Å². The van der Waals surface area contributed by atoms with Gasteiger partial charge < -0.3 is 15.5 Å². The van der Waals surface area contributed by atoms with Crippen molar-refractivity contribution in [1.82, 2.24) is 15.5 Å². The van der Waals surface area contributed by atoms with Crippen LogP contribution in [0.15, 0.2) is 24.3 Å². The van der Waals surface area contributed by atoms with Crippen LogP contribution >= 0.6 is 12.4 Å². The third-order valence-corrected chi connectivity index (χ3v) is 4.61. The number of hydrogen-bond acceptors (Lipinski definition) is 3. The molecule has 0 saturated carbocycles. The van der Waals surface area contributed by atoms with Crippen molar-refractivity contribution in [3.8, 4) is 0 Å². The molecular weight excluding hydrogens is 338 g/mol. The second-order valence-corrected chi connectivity index (χ2v) is 6.46. The minimum Gasteiger partial charge on any atom is -0.352 e. The molecule has 1 aromatic carbocycles. The quantitative estimate of drug-likeness (QED) is 0.778. The first-order valence-corrected chi connectivity index (χ1v) is 8.97. The molecule has 2 amide bonds. The lowest BCUT2D eigenvalue weighted by molar-refractivity contribution is 0.0687. The van der Waals surface area contributed by atoms with Crippen molar-refractivity contribution in [3.05, 3.63) is 35.4 Å². The molecule has 0 spiro atoms. The predicted octanol–water partition coefficient (Wildman–Crippen LogP) is 2.71. The smallest absolute Gasteiger partial charge is 0.253 e. The first-order valence-electron chi connectivity index (χ1n) is 8.97. The first-order chi connectivity index (χ1) is 11.7. The van der Waals surface area contributed by atoms with E-state index >= 15 is 0 Å². The maximum absolute atomic E-state index is 12.7. The normalized spacial score (nSPS) is 14.7. The Morgan fingerprint density at radius 2 is 1.84 bits per heavy atom. The SMILES string of the molecule is CCCNC(=O)c1cccc(C(=O)N2CCC(CCNC)CC2)c1.Cl. The van der Waals surface area contributed by atoms with Gasteiger partial charge in [0, 0.05) is 30.8 Å². The standard InChI is InChI=1S/C19H29N3O2.ClH/c1-3-10-21-18(23)16-5-4-6-17(14-16)19(24)22-12-8-15(9-13-22)7-11-20-2;/h4-6,14-15,20H,3,7-13H2,1-2H3,(H,21,23);1H. The number of piperidine rings is 1. The Labute approximate surface area is 157 Å². The maximum Gasteiger partial charge on any atom is 0.253 e. The summed E-state index contributed by atoms with van der Waals surface area (Å²) in [7, 11) is 1.97. The summed E-state index contributed by atoms with van der Waals surface area (Å²) >= 11 is 0. The van der Waals surface area contributed by atoms with Gasteiger partial charge in [-0.3, -0.25) is 9.59 Å². The Bertz CT molecular complexity index is 557. The fraction of sp³-hybridized carbons (Fsp3) is 0.579. The van der Waals surface area contributed by atoms with Crippen LogP contribution in [0.25, 0.3) is 0 Å². The number of rotatable bonds is 7. The molecule has 140 valence electrons. The van der Waals surface area contributed by atoms with Crippen molar-refractivity contribution in [2.45, 2.75) is 32.6 Å². The minimum absolute atomic E-state index is 0. The van der Waals surface area contributed by atoms with Gasteiger partial charge in [0.05, 0.1) is 0 Å². The van der Waals surface area contributed by atoms with Gasteiger partial charge >= 0.3 is 0 Å². The van der Waals surface area contributed by atoms with Crippen molar-refractivity contribution in [3.63, 3.8) is 0 Å².